The van der Waals surface area contributed by atoms with E-state index in [4.69, 9.17) is 9.47 Å². The van der Waals surface area contributed by atoms with Crippen molar-refractivity contribution in [3.63, 3.8) is 0 Å². The summed E-state index contributed by atoms with van der Waals surface area (Å²) in [7, 11) is 0. The molecule has 1 aromatic rings. The maximum absolute atomic E-state index is 12.5. The van der Waals surface area contributed by atoms with Crippen LogP contribution in [0.25, 0.3) is 0 Å². The fourth-order valence-corrected chi connectivity index (χ4v) is 3.54. The van der Waals surface area contributed by atoms with Crippen molar-refractivity contribution in [2.24, 2.45) is 5.92 Å². The van der Waals surface area contributed by atoms with Crippen molar-refractivity contribution in [1.29, 1.82) is 0 Å². The quantitative estimate of drug-likeness (QED) is 0.645. The van der Waals surface area contributed by atoms with Crippen LogP contribution in [0, 0.1) is 5.92 Å². The molecule has 3 amide bonds. The lowest BCUT2D eigenvalue weighted by atomic mass is 10.0. The summed E-state index contributed by atoms with van der Waals surface area (Å²) in [5, 5.41) is 5.08. The average molecular weight is 415 g/mol. The molecule has 9 nitrogen and oxygen atoms in total. The summed E-state index contributed by atoms with van der Waals surface area (Å²) < 4.78 is 10.4. The molecule has 0 unspecified atom stereocenters. The highest BCUT2D eigenvalue weighted by Crippen LogP contribution is 2.22. The summed E-state index contributed by atoms with van der Waals surface area (Å²) in [4.78, 5) is 50.4. The van der Waals surface area contributed by atoms with Crippen LogP contribution in [-0.4, -0.2) is 54.6 Å². The van der Waals surface area contributed by atoms with Gasteiger partial charge in [-0.1, -0.05) is 30.3 Å². The molecule has 0 spiro atoms. The van der Waals surface area contributed by atoms with Gasteiger partial charge >= 0.3 is 18.0 Å². The first-order chi connectivity index (χ1) is 14.4. The van der Waals surface area contributed by atoms with E-state index in [1.54, 1.807) is 18.7 Å². The zero-order valence-electron chi connectivity index (χ0n) is 17.0. The van der Waals surface area contributed by atoms with Gasteiger partial charge in [-0.3, -0.25) is 9.59 Å². The summed E-state index contributed by atoms with van der Waals surface area (Å²) in [5.74, 6) is -1.84. The number of ether oxygens (including phenoxy) is 2. The maximum Gasteiger partial charge on any atom is 0.338 e. The number of hydrogen-bond donors (Lipinski definition) is 2. The zero-order valence-corrected chi connectivity index (χ0v) is 17.0. The molecule has 9 heteroatoms. The first-order valence-electron chi connectivity index (χ1n) is 9.85. The summed E-state index contributed by atoms with van der Waals surface area (Å²) in [6.07, 6.45) is 0.0692. The molecule has 2 heterocycles. The predicted molar refractivity (Wildman–Crippen MR) is 106 cm³/mol. The van der Waals surface area contributed by atoms with Gasteiger partial charge in [0.25, 0.3) is 0 Å². The molecule has 2 atom stereocenters. The van der Waals surface area contributed by atoms with E-state index >= 15 is 0 Å². The highest BCUT2D eigenvalue weighted by Gasteiger charge is 2.36. The minimum Gasteiger partial charge on any atom is -0.463 e. The van der Waals surface area contributed by atoms with E-state index < -0.39 is 29.9 Å². The van der Waals surface area contributed by atoms with Crippen molar-refractivity contribution in [1.82, 2.24) is 15.5 Å². The number of hydrogen-bond acceptors (Lipinski definition) is 6. The van der Waals surface area contributed by atoms with Crippen LogP contribution in [0.3, 0.4) is 0 Å². The lowest BCUT2D eigenvalue weighted by Crippen LogP contribution is -2.50. The van der Waals surface area contributed by atoms with Gasteiger partial charge in [0.2, 0.25) is 5.91 Å². The molecule has 0 saturated carbocycles. The number of likely N-dealkylation sites (tertiary alicyclic amines) is 1. The van der Waals surface area contributed by atoms with E-state index in [1.165, 1.54) is 0 Å². The van der Waals surface area contributed by atoms with Gasteiger partial charge < -0.3 is 25.0 Å². The number of amides is 3. The molecule has 0 aromatic heterocycles. The standard InChI is InChI=1S/C21H25N3O6/c1-3-29-20(27)18-13(2)22-21(28)23-16(18)12-30-19(26)15-9-17(25)24(11-15)10-14-7-5-4-6-8-14/h4-8,13,15H,3,9-12H2,1-2H3,(H2,22,23,28)/t13-,15+/m0/s1. The van der Waals surface area contributed by atoms with Gasteiger partial charge in [0.05, 0.1) is 29.8 Å². The monoisotopic (exact) mass is 415 g/mol. The van der Waals surface area contributed by atoms with E-state index in [2.05, 4.69) is 10.6 Å². The third-order valence-electron chi connectivity index (χ3n) is 4.99. The lowest BCUT2D eigenvalue weighted by Gasteiger charge is -2.26. The lowest BCUT2D eigenvalue weighted by molar-refractivity contribution is -0.148. The predicted octanol–water partition coefficient (Wildman–Crippen LogP) is 1.10. The summed E-state index contributed by atoms with van der Waals surface area (Å²) >= 11 is 0. The Hall–Kier alpha value is -3.36. The van der Waals surface area contributed by atoms with Gasteiger partial charge in [0.1, 0.15) is 6.61 Å². The van der Waals surface area contributed by atoms with E-state index in [1.807, 2.05) is 30.3 Å². The molecule has 2 aliphatic heterocycles. The van der Waals surface area contributed by atoms with Crippen molar-refractivity contribution in [3.8, 4) is 0 Å². The molecule has 2 aliphatic rings. The smallest absolute Gasteiger partial charge is 0.338 e. The number of benzene rings is 1. The Bertz CT molecular complexity index is 867. The highest BCUT2D eigenvalue weighted by atomic mass is 16.5. The number of esters is 2. The van der Waals surface area contributed by atoms with E-state index in [0.717, 1.165) is 5.56 Å². The van der Waals surface area contributed by atoms with Gasteiger partial charge in [0, 0.05) is 19.5 Å². The minimum atomic E-state index is -0.595. The average Bonchev–Trinajstić information content (AvgIpc) is 3.07. The fourth-order valence-electron chi connectivity index (χ4n) is 3.54. The Labute approximate surface area is 174 Å². The molecule has 0 radical (unpaired) electrons. The summed E-state index contributed by atoms with van der Waals surface area (Å²) in [6.45, 7) is 3.91. The Morgan fingerprint density at radius 3 is 2.60 bits per heavy atom. The van der Waals surface area contributed by atoms with Crippen LogP contribution >= 0.6 is 0 Å². The molecular formula is C21H25N3O6. The van der Waals surface area contributed by atoms with Crippen LogP contribution in [-0.2, 0) is 30.4 Å². The third kappa shape index (κ3) is 4.97. The summed E-state index contributed by atoms with van der Waals surface area (Å²) in [5.41, 5.74) is 1.37. The van der Waals surface area contributed by atoms with Gasteiger partial charge in [-0.15, -0.1) is 0 Å². The Kier molecular flexibility index (Phi) is 6.71. The normalized spacial score (nSPS) is 21.2. The van der Waals surface area contributed by atoms with Crippen molar-refractivity contribution >= 4 is 23.9 Å². The molecule has 1 fully saturated rings. The summed E-state index contributed by atoms with van der Waals surface area (Å²) in [6, 6.07) is 8.45. The molecule has 0 aliphatic carbocycles. The van der Waals surface area contributed by atoms with Gasteiger partial charge in [-0.25, -0.2) is 9.59 Å². The second-order valence-corrected chi connectivity index (χ2v) is 7.20. The minimum absolute atomic E-state index is 0.0692. The molecule has 3 rings (SSSR count). The van der Waals surface area contributed by atoms with Crippen molar-refractivity contribution in [2.45, 2.75) is 32.9 Å². The highest BCUT2D eigenvalue weighted by molar-refractivity contribution is 5.95. The second kappa shape index (κ2) is 9.43. The second-order valence-electron chi connectivity index (χ2n) is 7.20. The Morgan fingerprint density at radius 1 is 1.17 bits per heavy atom. The fraction of sp³-hybridized carbons (Fsp3) is 0.429. The van der Waals surface area contributed by atoms with Crippen molar-refractivity contribution in [2.75, 3.05) is 19.8 Å². The molecule has 160 valence electrons. The molecule has 2 N–H and O–H groups in total. The SMILES string of the molecule is CCOC(=O)C1=C(COC(=O)[C@@H]2CC(=O)N(Cc3ccccc3)C2)NC(=O)N[C@H]1C. The first-order valence-corrected chi connectivity index (χ1v) is 9.85. The van der Waals surface area contributed by atoms with Crippen LogP contribution in [0.5, 0.6) is 0 Å². The van der Waals surface area contributed by atoms with Crippen molar-refractivity contribution in [3.05, 3.63) is 47.2 Å². The topological polar surface area (TPSA) is 114 Å². The van der Waals surface area contributed by atoms with E-state index in [9.17, 15) is 19.2 Å². The molecule has 0 bridgehead atoms. The maximum atomic E-state index is 12.5. The number of nitrogens with one attached hydrogen (secondary N) is 2. The van der Waals surface area contributed by atoms with Gasteiger partial charge in [-0.2, -0.15) is 0 Å². The Balaban J connectivity index is 1.62. The zero-order chi connectivity index (χ0) is 21.7. The molecule has 30 heavy (non-hydrogen) atoms. The number of rotatable bonds is 7. The number of urea groups is 1. The third-order valence-corrected chi connectivity index (χ3v) is 4.99. The Morgan fingerprint density at radius 2 is 1.90 bits per heavy atom. The van der Waals surface area contributed by atoms with E-state index in [0.29, 0.717) is 6.54 Å². The number of carbonyl (C=O) groups excluding carboxylic acids is 4. The molecular weight excluding hydrogens is 390 g/mol. The van der Waals surface area contributed by atoms with Crippen LogP contribution in [0.15, 0.2) is 41.6 Å². The van der Waals surface area contributed by atoms with Crippen LogP contribution in [0.2, 0.25) is 0 Å². The van der Waals surface area contributed by atoms with Gasteiger partial charge in [0.15, 0.2) is 0 Å². The van der Waals surface area contributed by atoms with Gasteiger partial charge in [-0.05, 0) is 19.4 Å². The van der Waals surface area contributed by atoms with Crippen molar-refractivity contribution < 1.29 is 28.7 Å². The molecule has 1 saturated heterocycles. The number of nitrogens with zero attached hydrogens (tertiary/aromatic N) is 1. The largest absolute Gasteiger partial charge is 0.463 e. The van der Waals surface area contributed by atoms with Crippen LogP contribution < -0.4 is 10.6 Å². The van der Waals surface area contributed by atoms with Crippen LogP contribution in [0.1, 0.15) is 25.8 Å². The molecule has 1 aromatic carbocycles. The first kappa shape index (κ1) is 21.4. The van der Waals surface area contributed by atoms with E-state index in [-0.39, 0.29) is 43.4 Å². The number of carbonyl (C=O) groups is 4. The van der Waals surface area contributed by atoms with Crippen LogP contribution in [0.4, 0.5) is 4.79 Å².